The maximum absolute atomic E-state index is 12.5. The number of aromatic nitrogens is 1. The van der Waals surface area contributed by atoms with Crippen LogP contribution in [0.2, 0.25) is 5.02 Å². The highest BCUT2D eigenvalue weighted by atomic mass is 35.5. The van der Waals surface area contributed by atoms with E-state index < -0.39 is 10.0 Å². The Bertz CT molecular complexity index is 924. The van der Waals surface area contributed by atoms with E-state index in [9.17, 15) is 13.2 Å². The highest BCUT2D eigenvalue weighted by Crippen LogP contribution is 2.25. The van der Waals surface area contributed by atoms with Crippen LogP contribution in [0.25, 0.3) is 0 Å². The molecule has 0 saturated carbocycles. The van der Waals surface area contributed by atoms with Crippen LogP contribution in [0.3, 0.4) is 0 Å². The Kier molecular flexibility index (Phi) is 6.36. The van der Waals surface area contributed by atoms with Crippen molar-refractivity contribution in [3.8, 4) is 0 Å². The van der Waals surface area contributed by atoms with Crippen LogP contribution in [0, 0.1) is 0 Å². The van der Waals surface area contributed by atoms with Gasteiger partial charge in [0.2, 0.25) is 10.0 Å². The normalized spacial score (nSPS) is 15.5. The molecule has 1 saturated heterocycles. The van der Waals surface area contributed by atoms with Gasteiger partial charge in [0.25, 0.3) is 5.91 Å². The Labute approximate surface area is 167 Å². The van der Waals surface area contributed by atoms with Crippen molar-refractivity contribution >= 4 is 49.7 Å². The van der Waals surface area contributed by atoms with Crippen molar-refractivity contribution in [2.75, 3.05) is 29.4 Å². The molecule has 1 aromatic carbocycles. The van der Waals surface area contributed by atoms with Crippen molar-refractivity contribution in [1.29, 1.82) is 0 Å². The number of hydrogen-bond acceptors (Lipinski definition) is 6. The van der Waals surface area contributed by atoms with Gasteiger partial charge in [-0.3, -0.25) is 19.7 Å². The molecule has 0 radical (unpaired) electrons. The Morgan fingerprint density at radius 2 is 2.04 bits per heavy atom. The van der Waals surface area contributed by atoms with Gasteiger partial charge in [-0.25, -0.2) is 13.4 Å². The van der Waals surface area contributed by atoms with Crippen molar-refractivity contribution in [3.63, 3.8) is 0 Å². The van der Waals surface area contributed by atoms with Gasteiger partial charge in [-0.05, 0) is 44.1 Å². The molecular formula is C17H21ClN4O3S2. The summed E-state index contributed by atoms with van der Waals surface area (Å²) >= 11 is 7.36. The third-order valence-corrected chi connectivity index (χ3v) is 5.86. The summed E-state index contributed by atoms with van der Waals surface area (Å²) in [6.07, 6.45) is 4.74. The molecule has 3 rings (SSSR count). The van der Waals surface area contributed by atoms with E-state index >= 15 is 0 Å². The van der Waals surface area contributed by atoms with Gasteiger partial charge < -0.3 is 0 Å². The van der Waals surface area contributed by atoms with E-state index in [1.54, 1.807) is 0 Å². The van der Waals surface area contributed by atoms with Crippen LogP contribution < -0.4 is 10.0 Å². The van der Waals surface area contributed by atoms with Gasteiger partial charge in [0.05, 0.1) is 22.7 Å². The SMILES string of the molecule is CS(=O)(=O)Nc1cc(C(=O)Nc2nc(CN3CCCCC3)cs2)ccc1Cl. The molecular weight excluding hydrogens is 408 g/mol. The molecule has 27 heavy (non-hydrogen) atoms. The molecule has 1 fully saturated rings. The van der Waals surface area contributed by atoms with Crippen LogP contribution in [-0.2, 0) is 16.6 Å². The summed E-state index contributed by atoms with van der Waals surface area (Å²) in [4.78, 5) is 19.3. The number of carbonyl (C=O) groups is 1. The lowest BCUT2D eigenvalue weighted by Gasteiger charge is -2.25. The number of amides is 1. The van der Waals surface area contributed by atoms with E-state index in [-0.39, 0.29) is 16.6 Å². The number of carbonyl (C=O) groups excluding carboxylic acids is 1. The number of likely N-dealkylation sites (tertiary alicyclic amines) is 1. The molecule has 0 atom stereocenters. The quantitative estimate of drug-likeness (QED) is 0.735. The predicted octanol–water partition coefficient (Wildman–Crippen LogP) is 3.41. The second kappa shape index (κ2) is 8.55. The molecule has 2 N–H and O–H groups in total. The Hall–Kier alpha value is -1.68. The second-order valence-electron chi connectivity index (χ2n) is 6.50. The number of hydrogen-bond donors (Lipinski definition) is 2. The third-order valence-electron chi connectivity index (χ3n) is 4.13. The summed E-state index contributed by atoms with van der Waals surface area (Å²) < 4.78 is 25.1. The van der Waals surface area contributed by atoms with Crippen LogP contribution in [0.4, 0.5) is 10.8 Å². The zero-order valence-electron chi connectivity index (χ0n) is 14.9. The molecule has 1 aromatic heterocycles. The molecule has 1 amide bonds. The average Bonchev–Trinajstić information content (AvgIpc) is 3.03. The fourth-order valence-electron chi connectivity index (χ4n) is 2.90. The zero-order chi connectivity index (χ0) is 19.4. The number of nitrogens with zero attached hydrogens (tertiary/aromatic N) is 2. The maximum Gasteiger partial charge on any atom is 0.257 e. The number of nitrogens with one attached hydrogen (secondary N) is 2. The first kappa shape index (κ1) is 20.1. The highest BCUT2D eigenvalue weighted by molar-refractivity contribution is 7.92. The molecule has 146 valence electrons. The Morgan fingerprint density at radius 3 is 2.74 bits per heavy atom. The fraction of sp³-hybridized carbons (Fsp3) is 0.412. The number of piperidine rings is 1. The van der Waals surface area contributed by atoms with Crippen molar-refractivity contribution in [1.82, 2.24) is 9.88 Å². The number of halogens is 1. The largest absolute Gasteiger partial charge is 0.298 e. The molecule has 7 nitrogen and oxygen atoms in total. The van der Waals surface area contributed by atoms with Gasteiger partial charge in [-0.1, -0.05) is 18.0 Å². The predicted molar refractivity (Wildman–Crippen MR) is 109 cm³/mol. The molecule has 0 unspecified atom stereocenters. The average molecular weight is 429 g/mol. The molecule has 1 aliphatic rings. The van der Waals surface area contributed by atoms with Gasteiger partial charge >= 0.3 is 0 Å². The van der Waals surface area contributed by atoms with E-state index in [0.29, 0.717) is 10.7 Å². The molecule has 0 bridgehead atoms. The molecule has 0 spiro atoms. The lowest BCUT2D eigenvalue weighted by Crippen LogP contribution is -2.29. The minimum atomic E-state index is -3.49. The molecule has 1 aliphatic heterocycles. The number of anilines is 2. The molecule has 2 heterocycles. The number of benzene rings is 1. The number of rotatable bonds is 6. The number of thiazole rings is 1. The lowest BCUT2D eigenvalue weighted by atomic mass is 10.1. The van der Waals surface area contributed by atoms with Crippen LogP contribution in [0.1, 0.15) is 35.3 Å². The molecule has 10 heteroatoms. The first-order valence-corrected chi connectivity index (χ1v) is 11.7. The Balaban J connectivity index is 1.66. The van der Waals surface area contributed by atoms with Gasteiger partial charge in [0.15, 0.2) is 5.13 Å². The summed E-state index contributed by atoms with van der Waals surface area (Å²) in [6.45, 7) is 2.95. The van der Waals surface area contributed by atoms with Crippen molar-refractivity contribution in [2.45, 2.75) is 25.8 Å². The summed E-state index contributed by atoms with van der Waals surface area (Å²) in [5, 5.41) is 5.43. The summed E-state index contributed by atoms with van der Waals surface area (Å²) in [7, 11) is -3.49. The summed E-state index contributed by atoms with van der Waals surface area (Å²) in [5.74, 6) is -0.373. The second-order valence-corrected chi connectivity index (χ2v) is 9.52. The van der Waals surface area contributed by atoms with E-state index in [4.69, 9.17) is 11.6 Å². The van der Waals surface area contributed by atoms with Crippen molar-refractivity contribution in [2.24, 2.45) is 0 Å². The maximum atomic E-state index is 12.5. The highest BCUT2D eigenvalue weighted by Gasteiger charge is 2.15. The van der Waals surface area contributed by atoms with E-state index in [1.807, 2.05) is 5.38 Å². The van der Waals surface area contributed by atoms with E-state index in [0.717, 1.165) is 31.6 Å². The van der Waals surface area contributed by atoms with E-state index in [1.165, 1.54) is 48.8 Å². The van der Waals surface area contributed by atoms with Crippen LogP contribution in [0.5, 0.6) is 0 Å². The van der Waals surface area contributed by atoms with Crippen molar-refractivity contribution in [3.05, 3.63) is 39.9 Å². The van der Waals surface area contributed by atoms with Gasteiger partial charge in [-0.2, -0.15) is 0 Å². The summed E-state index contributed by atoms with van der Waals surface area (Å²) in [6, 6.07) is 4.42. The molecule has 2 aromatic rings. The van der Waals surface area contributed by atoms with Crippen molar-refractivity contribution < 1.29 is 13.2 Å². The fourth-order valence-corrected chi connectivity index (χ4v) is 4.38. The summed E-state index contributed by atoms with van der Waals surface area (Å²) in [5.41, 5.74) is 1.39. The Morgan fingerprint density at radius 1 is 1.30 bits per heavy atom. The standard InChI is InChI=1S/C17H21ClN4O3S2/c1-27(24,25)21-15-9-12(5-6-14(15)18)16(23)20-17-19-13(11-26-17)10-22-7-3-2-4-8-22/h5-6,9,11,21H,2-4,7-8,10H2,1H3,(H,19,20,23). The molecule has 0 aliphatic carbocycles. The third kappa shape index (κ3) is 5.90. The minimum Gasteiger partial charge on any atom is -0.298 e. The minimum absolute atomic E-state index is 0.164. The van der Waals surface area contributed by atoms with Crippen LogP contribution in [-0.4, -0.2) is 43.6 Å². The number of sulfonamides is 1. The zero-order valence-corrected chi connectivity index (χ0v) is 17.3. The smallest absolute Gasteiger partial charge is 0.257 e. The van der Waals surface area contributed by atoms with E-state index in [2.05, 4.69) is 19.9 Å². The van der Waals surface area contributed by atoms with Crippen LogP contribution >= 0.6 is 22.9 Å². The lowest BCUT2D eigenvalue weighted by molar-refractivity contribution is 0.102. The monoisotopic (exact) mass is 428 g/mol. The first-order chi connectivity index (χ1) is 12.8. The first-order valence-electron chi connectivity index (χ1n) is 8.55. The van der Waals surface area contributed by atoms with Gasteiger partial charge in [0.1, 0.15) is 0 Å². The topological polar surface area (TPSA) is 91.4 Å². The van der Waals surface area contributed by atoms with Gasteiger partial charge in [0, 0.05) is 17.5 Å². The van der Waals surface area contributed by atoms with Gasteiger partial charge in [-0.15, -0.1) is 11.3 Å². The van der Waals surface area contributed by atoms with Crippen LogP contribution in [0.15, 0.2) is 23.6 Å².